The molecule has 1 rings (SSSR count). The Morgan fingerprint density at radius 1 is 1.53 bits per heavy atom. The minimum atomic E-state index is -0.326. The molecule has 2 unspecified atom stereocenters. The van der Waals surface area contributed by atoms with Gasteiger partial charge in [-0.1, -0.05) is 13.8 Å². The number of carbonyl (C=O) groups is 2. The predicted octanol–water partition coefficient (Wildman–Crippen LogP) is -1.16. The first-order chi connectivity index (χ1) is 9.10. The van der Waals surface area contributed by atoms with Crippen LogP contribution >= 0.6 is 0 Å². The molecule has 1 saturated heterocycles. The van der Waals surface area contributed by atoms with Crippen LogP contribution in [0.2, 0.25) is 0 Å². The Morgan fingerprint density at radius 3 is 2.89 bits per heavy atom. The molecule has 2 amide bonds. The van der Waals surface area contributed by atoms with Crippen molar-refractivity contribution in [3.8, 4) is 0 Å². The van der Waals surface area contributed by atoms with E-state index in [0.29, 0.717) is 32.8 Å². The zero-order valence-corrected chi connectivity index (χ0v) is 11.6. The molecule has 0 spiro atoms. The van der Waals surface area contributed by atoms with Gasteiger partial charge in [0.25, 0.3) is 0 Å². The van der Waals surface area contributed by atoms with E-state index in [1.165, 1.54) is 0 Å². The smallest absolute Gasteiger partial charge is 0.239 e. The zero-order valence-electron chi connectivity index (χ0n) is 11.6. The number of hydrogen-bond acceptors (Lipinski definition) is 5. The number of hydrogen-bond donors (Lipinski definition) is 3. The third-order valence-corrected chi connectivity index (χ3v) is 3.19. The number of amides is 2. The first-order valence-electron chi connectivity index (χ1n) is 6.70. The highest BCUT2D eigenvalue weighted by molar-refractivity contribution is 5.82. The molecule has 0 aliphatic carbocycles. The highest BCUT2D eigenvalue weighted by Crippen LogP contribution is 2.10. The van der Waals surface area contributed by atoms with Gasteiger partial charge < -0.3 is 10.1 Å². The summed E-state index contributed by atoms with van der Waals surface area (Å²) in [5, 5.41) is 2.86. The van der Waals surface area contributed by atoms with E-state index in [-0.39, 0.29) is 23.8 Å². The van der Waals surface area contributed by atoms with Crippen molar-refractivity contribution in [1.29, 1.82) is 0 Å². The Labute approximate surface area is 113 Å². The lowest BCUT2D eigenvalue weighted by Gasteiger charge is -2.35. The molecule has 0 aromatic carbocycles. The Morgan fingerprint density at radius 2 is 2.26 bits per heavy atom. The molecule has 1 aliphatic heterocycles. The molecule has 19 heavy (non-hydrogen) atoms. The van der Waals surface area contributed by atoms with Crippen LogP contribution < -0.4 is 16.6 Å². The van der Waals surface area contributed by atoms with Gasteiger partial charge in [-0.15, -0.1) is 0 Å². The predicted molar refractivity (Wildman–Crippen MR) is 71.0 cm³/mol. The van der Waals surface area contributed by atoms with Crippen LogP contribution in [0.1, 0.15) is 20.3 Å². The minimum absolute atomic E-state index is 0.0399. The highest BCUT2D eigenvalue weighted by atomic mass is 16.5. The van der Waals surface area contributed by atoms with Crippen molar-refractivity contribution in [2.24, 2.45) is 11.8 Å². The average Bonchev–Trinajstić information content (AvgIpc) is 2.44. The molecule has 0 aromatic rings. The van der Waals surface area contributed by atoms with Crippen molar-refractivity contribution in [2.75, 3.05) is 32.8 Å². The Kier molecular flexibility index (Phi) is 6.75. The number of morpholine rings is 1. The maximum absolute atomic E-state index is 12.0. The number of nitrogens with two attached hydrogens (primary N) is 1. The van der Waals surface area contributed by atoms with Crippen LogP contribution in [0, 0.1) is 5.92 Å². The lowest BCUT2D eigenvalue weighted by atomic mass is 10.1. The van der Waals surface area contributed by atoms with Crippen molar-refractivity contribution >= 4 is 11.8 Å². The molecular formula is C12H24N4O3. The Balaban J connectivity index is 2.56. The van der Waals surface area contributed by atoms with Crippen LogP contribution in [0.3, 0.4) is 0 Å². The van der Waals surface area contributed by atoms with Crippen LogP contribution in [0.15, 0.2) is 0 Å². The van der Waals surface area contributed by atoms with Gasteiger partial charge in [0.2, 0.25) is 11.8 Å². The van der Waals surface area contributed by atoms with Crippen LogP contribution in [-0.2, 0) is 14.3 Å². The average molecular weight is 272 g/mol. The minimum Gasteiger partial charge on any atom is -0.378 e. The summed E-state index contributed by atoms with van der Waals surface area (Å²) in [6.07, 6.45) is 0.894. The molecule has 1 heterocycles. The second-order valence-corrected chi connectivity index (χ2v) is 4.79. The summed E-state index contributed by atoms with van der Waals surface area (Å²) in [5.41, 5.74) is 2.14. The number of ether oxygens (including phenoxy) is 1. The molecule has 0 radical (unpaired) electrons. The fourth-order valence-corrected chi connectivity index (χ4v) is 2.04. The Bertz CT molecular complexity index is 311. The van der Waals surface area contributed by atoms with Crippen LogP contribution in [0.4, 0.5) is 0 Å². The van der Waals surface area contributed by atoms with Gasteiger partial charge in [0, 0.05) is 25.6 Å². The fourth-order valence-electron chi connectivity index (χ4n) is 2.04. The summed E-state index contributed by atoms with van der Waals surface area (Å²) < 4.78 is 5.35. The molecule has 2 atom stereocenters. The molecular weight excluding hydrogens is 248 g/mol. The Hall–Kier alpha value is -1.18. The summed E-state index contributed by atoms with van der Waals surface area (Å²) in [7, 11) is 0. The number of nitrogens with zero attached hydrogens (tertiary/aromatic N) is 1. The summed E-state index contributed by atoms with van der Waals surface area (Å²) in [5.74, 6) is 4.59. The number of nitrogens with one attached hydrogen (secondary N) is 2. The van der Waals surface area contributed by atoms with Crippen LogP contribution in [0.25, 0.3) is 0 Å². The van der Waals surface area contributed by atoms with Crippen LogP contribution in [-0.4, -0.2) is 55.6 Å². The van der Waals surface area contributed by atoms with Gasteiger partial charge in [0.15, 0.2) is 0 Å². The summed E-state index contributed by atoms with van der Waals surface area (Å²) in [4.78, 5) is 25.5. The molecule has 4 N–H and O–H groups in total. The molecule has 1 fully saturated rings. The number of rotatable bonds is 6. The molecule has 7 nitrogen and oxygen atoms in total. The van der Waals surface area contributed by atoms with E-state index in [1.54, 1.807) is 6.92 Å². The van der Waals surface area contributed by atoms with Crippen LogP contribution in [0.5, 0.6) is 0 Å². The summed E-state index contributed by atoms with van der Waals surface area (Å²) >= 11 is 0. The van der Waals surface area contributed by atoms with Gasteiger partial charge in [0.05, 0.1) is 13.2 Å². The van der Waals surface area contributed by atoms with E-state index >= 15 is 0 Å². The van der Waals surface area contributed by atoms with Gasteiger partial charge in [0.1, 0.15) is 6.04 Å². The first kappa shape index (κ1) is 15.9. The lowest BCUT2D eigenvalue weighted by Crippen LogP contribution is -2.55. The normalized spacial score (nSPS) is 21.7. The van der Waals surface area contributed by atoms with Crippen molar-refractivity contribution in [3.63, 3.8) is 0 Å². The quantitative estimate of drug-likeness (QED) is 0.322. The lowest BCUT2D eigenvalue weighted by molar-refractivity contribution is -0.135. The topological polar surface area (TPSA) is 96.7 Å². The number of carbonyl (C=O) groups excluding carboxylic acids is 2. The van der Waals surface area contributed by atoms with Crippen molar-refractivity contribution in [1.82, 2.24) is 15.6 Å². The maximum Gasteiger partial charge on any atom is 0.239 e. The maximum atomic E-state index is 12.0. The van der Waals surface area contributed by atoms with E-state index in [0.717, 1.165) is 6.42 Å². The van der Waals surface area contributed by atoms with E-state index < -0.39 is 0 Å². The third kappa shape index (κ3) is 4.77. The molecule has 1 aliphatic rings. The SMILES string of the molecule is CCCNC(=O)C1COCCN1CC(C)C(=O)NN. The largest absolute Gasteiger partial charge is 0.378 e. The van der Waals surface area contributed by atoms with Gasteiger partial charge in [-0.3, -0.25) is 19.9 Å². The summed E-state index contributed by atoms with van der Waals surface area (Å²) in [6, 6.07) is -0.326. The van der Waals surface area contributed by atoms with E-state index in [9.17, 15) is 9.59 Å². The third-order valence-electron chi connectivity index (χ3n) is 3.19. The zero-order chi connectivity index (χ0) is 14.3. The first-order valence-corrected chi connectivity index (χ1v) is 6.70. The molecule has 0 bridgehead atoms. The highest BCUT2D eigenvalue weighted by Gasteiger charge is 2.31. The van der Waals surface area contributed by atoms with Gasteiger partial charge >= 0.3 is 0 Å². The van der Waals surface area contributed by atoms with Crippen molar-refractivity contribution < 1.29 is 14.3 Å². The van der Waals surface area contributed by atoms with E-state index in [4.69, 9.17) is 10.6 Å². The fraction of sp³-hybridized carbons (Fsp3) is 0.833. The molecule has 110 valence electrons. The number of hydrazine groups is 1. The van der Waals surface area contributed by atoms with Gasteiger partial charge in [-0.05, 0) is 6.42 Å². The van der Waals surface area contributed by atoms with Crippen molar-refractivity contribution in [3.05, 3.63) is 0 Å². The summed E-state index contributed by atoms with van der Waals surface area (Å²) in [6.45, 7) is 6.54. The second kappa shape index (κ2) is 8.08. The van der Waals surface area contributed by atoms with Gasteiger partial charge in [-0.2, -0.15) is 0 Å². The second-order valence-electron chi connectivity index (χ2n) is 4.79. The van der Waals surface area contributed by atoms with E-state index in [2.05, 4.69) is 10.7 Å². The molecule has 0 saturated carbocycles. The van der Waals surface area contributed by atoms with Gasteiger partial charge in [-0.25, -0.2) is 5.84 Å². The molecule has 0 aromatic heterocycles. The van der Waals surface area contributed by atoms with Crippen molar-refractivity contribution in [2.45, 2.75) is 26.3 Å². The monoisotopic (exact) mass is 272 g/mol. The molecule has 7 heteroatoms. The van der Waals surface area contributed by atoms with E-state index in [1.807, 2.05) is 11.8 Å². The standard InChI is InChI=1S/C12H24N4O3/c1-3-4-14-12(18)10-8-19-6-5-16(10)7-9(2)11(17)15-13/h9-10H,3-8,13H2,1-2H3,(H,14,18)(H,15,17).